The molecule has 0 aliphatic rings. The SMILES string of the molecule is CCc1ccc(NC(=O)[C@H](C)n2cnc3c2c(=O)n(C)c(=O)n3C)cc1. The van der Waals surface area contributed by atoms with Crippen molar-refractivity contribution >= 4 is 22.8 Å². The zero-order valence-corrected chi connectivity index (χ0v) is 15.2. The van der Waals surface area contributed by atoms with Crippen LogP contribution in [-0.4, -0.2) is 24.6 Å². The molecule has 0 fully saturated rings. The van der Waals surface area contributed by atoms with Crippen LogP contribution < -0.4 is 16.6 Å². The third-order valence-electron chi connectivity index (χ3n) is 4.60. The lowest BCUT2D eigenvalue weighted by Gasteiger charge is -2.15. The molecular formula is C18H21N5O3. The van der Waals surface area contributed by atoms with E-state index >= 15 is 0 Å². The summed E-state index contributed by atoms with van der Waals surface area (Å²) in [6, 6.07) is 6.93. The summed E-state index contributed by atoms with van der Waals surface area (Å²) in [5, 5.41) is 2.84. The Labute approximate surface area is 149 Å². The van der Waals surface area contributed by atoms with Crippen molar-refractivity contribution in [1.29, 1.82) is 0 Å². The molecule has 3 rings (SSSR count). The predicted molar refractivity (Wildman–Crippen MR) is 99.4 cm³/mol. The second kappa shape index (κ2) is 6.62. The number of amides is 1. The topological polar surface area (TPSA) is 90.9 Å². The van der Waals surface area contributed by atoms with Crippen molar-refractivity contribution in [1.82, 2.24) is 18.7 Å². The number of carbonyl (C=O) groups is 1. The van der Waals surface area contributed by atoms with Crippen LogP contribution in [0.4, 0.5) is 5.69 Å². The molecule has 0 unspecified atom stereocenters. The van der Waals surface area contributed by atoms with Gasteiger partial charge in [0.05, 0.1) is 6.33 Å². The molecule has 0 aliphatic carbocycles. The van der Waals surface area contributed by atoms with E-state index in [0.29, 0.717) is 5.69 Å². The zero-order valence-electron chi connectivity index (χ0n) is 15.2. The Hall–Kier alpha value is -3.16. The molecule has 1 N–H and O–H groups in total. The van der Waals surface area contributed by atoms with Crippen molar-refractivity contribution in [2.24, 2.45) is 14.1 Å². The van der Waals surface area contributed by atoms with Gasteiger partial charge < -0.3 is 9.88 Å². The molecule has 0 saturated carbocycles. The van der Waals surface area contributed by atoms with Crippen molar-refractivity contribution in [3.63, 3.8) is 0 Å². The van der Waals surface area contributed by atoms with Gasteiger partial charge in [0.1, 0.15) is 6.04 Å². The maximum Gasteiger partial charge on any atom is 0.332 e. The summed E-state index contributed by atoms with van der Waals surface area (Å²) in [4.78, 5) is 41.3. The Morgan fingerprint density at radius 3 is 2.42 bits per heavy atom. The van der Waals surface area contributed by atoms with Gasteiger partial charge >= 0.3 is 5.69 Å². The maximum absolute atomic E-state index is 12.6. The fourth-order valence-electron chi connectivity index (χ4n) is 2.85. The third-order valence-corrected chi connectivity index (χ3v) is 4.60. The number of aromatic nitrogens is 4. The Kier molecular flexibility index (Phi) is 4.50. The summed E-state index contributed by atoms with van der Waals surface area (Å²) in [6.45, 7) is 3.75. The number of hydrogen-bond acceptors (Lipinski definition) is 4. The smallest absolute Gasteiger partial charge is 0.324 e. The highest BCUT2D eigenvalue weighted by molar-refractivity contribution is 5.94. The van der Waals surface area contributed by atoms with Gasteiger partial charge in [-0.1, -0.05) is 19.1 Å². The van der Waals surface area contributed by atoms with Gasteiger partial charge in [-0.2, -0.15) is 0 Å². The lowest BCUT2D eigenvalue weighted by Crippen LogP contribution is -2.38. The van der Waals surface area contributed by atoms with E-state index in [1.54, 1.807) is 14.0 Å². The summed E-state index contributed by atoms with van der Waals surface area (Å²) >= 11 is 0. The lowest BCUT2D eigenvalue weighted by molar-refractivity contribution is -0.118. The van der Waals surface area contributed by atoms with Crippen LogP contribution in [0.2, 0.25) is 0 Å². The van der Waals surface area contributed by atoms with Gasteiger partial charge in [-0.05, 0) is 31.0 Å². The minimum absolute atomic E-state index is 0.221. The first-order valence-electron chi connectivity index (χ1n) is 8.37. The molecule has 0 aliphatic heterocycles. The van der Waals surface area contributed by atoms with Crippen LogP contribution in [0.3, 0.4) is 0 Å². The molecule has 0 saturated heterocycles. The van der Waals surface area contributed by atoms with Crippen LogP contribution >= 0.6 is 0 Å². The minimum Gasteiger partial charge on any atom is -0.324 e. The summed E-state index contributed by atoms with van der Waals surface area (Å²) in [6.07, 6.45) is 2.34. The quantitative estimate of drug-likeness (QED) is 0.761. The number of anilines is 1. The fourth-order valence-corrected chi connectivity index (χ4v) is 2.85. The molecule has 2 aromatic heterocycles. The van der Waals surface area contributed by atoms with Crippen molar-refractivity contribution in [3.8, 4) is 0 Å². The second-order valence-corrected chi connectivity index (χ2v) is 6.25. The van der Waals surface area contributed by atoms with Crippen LogP contribution in [0, 0.1) is 0 Å². The fraction of sp³-hybridized carbons (Fsp3) is 0.333. The number of carbonyl (C=O) groups excluding carboxylic acids is 1. The van der Waals surface area contributed by atoms with Gasteiger partial charge in [-0.3, -0.25) is 18.7 Å². The van der Waals surface area contributed by atoms with E-state index < -0.39 is 17.3 Å². The maximum atomic E-state index is 12.6. The Balaban J connectivity index is 1.96. The number of nitrogens with zero attached hydrogens (tertiary/aromatic N) is 4. The van der Waals surface area contributed by atoms with Gasteiger partial charge in [0.25, 0.3) is 5.56 Å². The first kappa shape index (κ1) is 17.7. The van der Waals surface area contributed by atoms with Crippen LogP contribution in [0.5, 0.6) is 0 Å². The predicted octanol–water partition coefficient (Wildman–Crippen LogP) is 1.20. The van der Waals surface area contributed by atoms with E-state index in [2.05, 4.69) is 17.2 Å². The molecule has 136 valence electrons. The number of benzene rings is 1. The first-order chi connectivity index (χ1) is 12.3. The van der Waals surface area contributed by atoms with Crippen LogP contribution in [-0.2, 0) is 25.3 Å². The van der Waals surface area contributed by atoms with E-state index in [4.69, 9.17) is 0 Å². The van der Waals surface area contributed by atoms with E-state index in [-0.39, 0.29) is 17.1 Å². The lowest BCUT2D eigenvalue weighted by atomic mass is 10.1. The zero-order chi connectivity index (χ0) is 19.0. The van der Waals surface area contributed by atoms with Crippen molar-refractivity contribution < 1.29 is 4.79 Å². The molecule has 1 amide bonds. The van der Waals surface area contributed by atoms with Crippen LogP contribution in [0.25, 0.3) is 11.2 Å². The highest BCUT2D eigenvalue weighted by Crippen LogP contribution is 2.16. The molecule has 26 heavy (non-hydrogen) atoms. The van der Waals surface area contributed by atoms with Crippen LogP contribution in [0.1, 0.15) is 25.5 Å². The monoisotopic (exact) mass is 355 g/mol. The normalized spacial score (nSPS) is 12.3. The van der Waals surface area contributed by atoms with E-state index in [0.717, 1.165) is 11.0 Å². The molecule has 3 aromatic rings. The van der Waals surface area contributed by atoms with E-state index in [1.807, 2.05) is 24.3 Å². The molecule has 8 nitrogen and oxygen atoms in total. The standard InChI is InChI=1S/C18H21N5O3/c1-5-12-6-8-13(9-7-12)20-16(24)11(2)23-10-19-15-14(23)17(25)22(4)18(26)21(15)3/h6-11H,5H2,1-4H3,(H,20,24)/t11-/m0/s1. The van der Waals surface area contributed by atoms with E-state index in [9.17, 15) is 14.4 Å². The number of fused-ring (bicyclic) bond motifs is 1. The number of hydrogen-bond donors (Lipinski definition) is 1. The molecule has 0 bridgehead atoms. The Morgan fingerprint density at radius 2 is 1.81 bits per heavy atom. The van der Waals surface area contributed by atoms with Gasteiger partial charge in [-0.25, -0.2) is 9.78 Å². The molecule has 8 heteroatoms. The first-order valence-corrected chi connectivity index (χ1v) is 8.37. The van der Waals surface area contributed by atoms with Crippen molar-refractivity contribution in [3.05, 3.63) is 57.0 Å². The molecule has 1 atom stereocenters. The van der Waals surface area contributed by atoms with Gasteiger partial charge in [-0.15, -0.1) is 0 Å². The molecule has 0 spiro atoms. The number of rotatable bonds is 4. The van der Waals surface area contributed by atoms with Crippen molar-refractivity contribution in [2.75, 3.05) is 5.32 Å². The average molecular weight is 355 g/mol. The second-order valence-electron chi connectivity index (χ2n) is 6.25. The molecule has 1 aromatic carbocycles. The molecular weight excluding hydrogens is 334 g/mol. The third kappa shape index (κ3) is 2.83. The highest BCUT2D eigenvalue weighted by Gasteiger charge is 2.21. The van der Waals surface area contributed by atoms with Crippen LogP contribution in [0.15, 0.2) is 40.2 Å². The molecule has 2 heterocycles. The summed E-state index contributed by atoms with van der Waals surface area (Å²) < 4.78 is 3.79. The van der Waals surface area contributed by atoms with Gasteiger partial charge in [0, 0.05) is 19.8 Å². The summed E-state index contributed by atoms with van der Waals surface area (Å²) in [5.41, 5.74) is 1.40. The minimum atomic E-state index is -0.670. The van der Waals surface area contributed by atoms with E-state index in [1.165, 1.54) is 28.1 Å². The summed E-state index contributed by atoms with van der Waals surface area (Å²) in [5.74, 6) is -0.274. The van der Waals surface area contributed by atoms with Crippen molar-refractivity contribution in [2.45, 2.75) is 26.3 Å². The Bertz CT molecular complexity index is 1090. The Morgan fingerprint density at radius 1 is 1.15 bits per heavy atom. The number of nitrogens with one attached hydrogen (secondary N) is 1. The van der Waals surface area contributed by atoms with Gasteiger partial charge in [0.2, 0.25) is 5.91 Å². The highest BCUT2D eigenvalue weighted by atomic mass is 16.2. The number of imidazole rings is 1. The number of aryl methyl sites for hydroxylation is 2. The molecule has 0 radical (unpaired) electrons. The van der Waals surface area contributed by atoms with Gasteiger partial charge in [0.15, 0.2) is 11.2 Å². The summed E-state index contributed by atoms with van der Waals surface area (Å²) in [7, 11) is 2.95. The largest absolute Gasteiger partial charge is 0.332 e. The average Bonchev–Trinajstić information content (AvgIpc) is 3.09.